The van der Waals surface area contributed by atoms with E-state index in [1.54, 1.807) is 0 Å². The molecule has 120 valence electrons. The summed E-state index contributed by atoms with van der Waals surface area (Å²) in [6.45, 7) is 2.95. The number of halogens is 2. The molecule has 0 spiro atoms. The molecule has 1 aromatic carbocycles. The molecule has 1 amide bonds. The Kier molecular flexibility index (Phi) is 4.18. The maximum atomic E-state index is 13.2. The Bertz CT molecular complexity index is 523. The van der Waals surface area contributed by atoms with Crippen LogP contribution in [0.4, 0.5) is 20.2 Å². The minimum absolute atomic E-state index is 0.0747. The molecule has 0 atom stereocenters. The molecule has 2 fully saturated rings. The van der Waals surface area contributed by atoms with Gasteiger partial charge in [0.25, 0.3) is 5.92 Å². The van der Waals surface area contributed by atoms with Gasteiger partial charge in [-0.05, 0) is 24.3 Å². The molecule has 0 bridgehead atoms. The average Bonchev–Trinajstić information content (AvgIpc) is 2.72. The third-order valence-corrected chi connectivity index (χ3v) is 4.39. The molecular formula is C16H21F2N3O. The van der Waals surface area contributed by atoms with Gasteiger partial charge in [0, 0.05) is 63.4 Å². The van der Waals surface area contributed by atoms with E-state index in [1.807, 2.05) is 29.2 Å². The molecule has 1 N–H and O–H groups in total. The highest BCUT2D eigenvalue weighted by molar-refractivity contribution is 5.77. The van der Waals surface area contributed by atoms with Crippen LogP contribution in [0.25, 0.3) is 0 Å². The van der Waals surface area contributed by atoms with Gasteiger partial charge in [0.2, 0.25) is 5.91 Å². The lowest BCUT2D eigenvalue weighted by Gasteiger charge is -2.33. The zero-order valence-corrected chi connectivity index (χ0v) is 12.5. The predicted molar refractivity (Wildman–Crippen MR) is 82.7 cm³/mol. The van der Waals surface area contributed by atoms with Crippen molar-refractivity contribution in [1.29, 1.82) is 0 Å². The summed E-state index contributed by atoms with van der Waals surface area (Å²) in [4.78, 5) is 15.5. The zero-order valence-electron chi connectivity index (χ0n) is 12.5. The Hall–Kier alpha value is -1.85. The van der Waals surface area contributed by atoms with Gasteiger partial charge in [0.15, 0.2) is 0 Å². The molecule has 2 saturated heterocycles. The van der Waals surface area contributed by atoms with Crippen molar-refractivity contribution in [2.24, 2.45) is 0 Å². The Labute approximate surface area is 129 Å². The number of alkyl halides is 2. The molecule has 1 aromatic rings. The van der Waals surface area contributed by atoms with Crippen LogP contribution in [0.2, 0.25) is 0 Å². The molecule has 6 heteroatoms. The fourth-order valence-corrected chi connectivity index (χ4v) is 2.99. The first kappa shape index (κ1) is 15.1. The molecule has 0 radical (unpaired) electrons. The lowest BCUT2D eigenvalue weighted by atomic mass is 10.1. The number of amides is 1. The Balaban J connectivity index is 1.64. The van der Waals surface area contributed by atoms with E-state index in [4.69, 9.17) is 0 Å². The highest BCUT2D eigenvalue weighted by atomic mass is 19.3. The number of hydrogen-bond donors (Lipinski definition) is 1. The first-order chi connectivity index (χ1) is 10.5. The van der Waals surface area contributed by atoms with E-state index < -0.39 is 5.92 Å². The second kappa shape index (κ2) is 6.10. The Morgan fingerprint density at radius 1 is 0.909 bits per heavy atom. The van der Waals surface area contributed by atoms with E-state index in [9.17, 15) is 13.6 Å². The van der Waals surface area contributed by atoms with Crippen LogP contribution >= 0.6 is 0 Å². The fraction of sp³-hybridized carbons (Fsp3) is 0.562. The number of hydrogen-bond acceptors (Lipinski definition) is 3. The van der Waals surface area contributed by atoms with Gasteiger partial charge < -0.3 is 15.1 Å². The Morgan fingerprint density at radius 2 is 1.45 bits per heavy atom. The van der Waals surface area contributed by atoms with E-state index in [-0.39, 0.29) is 18.7 Å². The number of piperidine rings is 1. The first-order valence-electron chi connectivity index (χ1n) is 7.78. The van der Waals surface area contributed by atoms with Gasteiger partial charge in [0.1, 0.15) is 0 Å². The van der Waals surface area contributed by atoms with Crippen molar-refractivity contribution in [3.63, 3.8) is 0 Å². The topological polar surface area (TPSA) is 35.6 Å². The standard InChI is InChI=1S/C16H21F2N3O/c17-16(18)6-10-21(11-7-16)14-3-1-13(2-4-14)20-9-5-15(22)19-8-12-20/h1-4H,5-12H2,(H,19,22). The van der Waals surface area contributed by atoms with Gasteiger partial charge in [-0.2, -0.15) is 0 Å². The van der Waals surface area contributed by atoms with Crippen molar-refractivity contribution in [3.8, 4) is 0 Å². The van der Waals surface area contributed by atoms with Crippen molar-refractivity contribution in [2.45, 2.75) is 25.2 Å². The minimum Gasteiger partial charge on any atom is -0.371 e. The highest BCUT2D eigenvalue weighted by Gasteiger charge is 2.34. The van der Waals surface area contributed by atoms with E-state index in [1.165, 1.54) is 0 Å². The number of carbonyl (C=O) groups excluding carboxylic acids is 1. The average molecular weight is 309 g/mol. The van der Waals surface area contributed by atoms with Crippen molar-refractivity contribution >= 4 is 17.3 Å². The molecule has 2 aliphatic rings. The van der Waals surface area contributed by atoms with Crippen LogP contribution in [0.1, 0.15) is 19.3 Å². The number of carbonyl (C=O) groups is 1. The van der Waals surface area contributed by atoms with Gasteiger partial charge >= 0.3 is 0 Å². The minimum atomic E-state index is -2.51. The molecule has 4 nitrogen and oxygen atoms in total. The van der Waals surface area contributed by atoms with Crippen LogP contribution in [0.5, 0.6) is 0 Å². The molecule has 3 rings (SSSR count). The quantitative estimate of drug-likeness (QED) is 0.910. The van der Waals surface area contributed by atoms with E-state index >= 15 is 0 Å². The predicted octanol–water partition coefficient (Wildman–Crippen LogP) is 2.25. The van der Waals surface area contributed by atoms with Crippen molar-refractivity contribution in [3.05, 3.63) is 24.3 Å². The first-order valence-corrected chi connectivity index (χ1v) is 7.78. The summed E-state index contributed by atoms with van der Waals surface area (Å²) >= 11 is 0. The molecule has 2 heterocycles. The number of nitrogens with zero attached hydrogens (tertiary/aromatic N) is 2. The van der Waals surface area contributed by atoms with Crippen LogP contribution in [0.3, 0.4) is 0 Å². The van der Waals surface area contributed by atoms with E-state index in [0.29, 0.717) is 32.6 Å². The SMILES string of the molecule is O=C1CCN(c2ccc(N3CCC(F)(F)CC3)cc2)CCN1. The lowest BCUT2D eigenvalue weighted by molar-refractivity contribution is -0.120. The van der Waals surface area contributed by atoms with Crippen molar-refractivity contribution in [1.82, 2.24) is 5.32 Å². The summed E-state index contributed by atoms with van der Waals surface area (Å²) in [7, 11) is 0. The van der Waals surface area contributed by atoms with Gasteiger partial charge in [-0.3, -0.25) is 4.79 Å². The number of nitrogens with one attached hydrogen (secondary N) is 1. The van der Waals surface area contributed by atoms with Gasteiger partial charge in [-0.1, -0.05) is 0 Å². The molecule has 0 unspecified atom stereocenters. The maximum absolute atomic E-state index is 13.2. The summed E-state index contributed by atoms with van der Waals surface area (Å²) in [5, 5.41) is 2.86. The number of rotatable bonds is 2. The molecular weight excluding hydrogens is 288 g/mol. The summed E-state index contributed by atoms with van der Waals surface area (Å²) in [5.41, 5.74) is 2.06. The zero-order chi connectivity index (χ0) is 15.6. The molecule has 0 aliphatic carbocycles. The second-order valence-corrected chi connectivity index (χ2v) is 5.95. The second-order valence-electron chi connectivity index (χ2n) is 5.95. The number of benzene rings is 1. The van der Waals surface area contributed by atoms with Crippen LogP contribution in [-0.2, 0) is 4.79 Å². The van der Waals surface area contributed by atoms with Crippen molar-refractivity contribution < 1.29 is 13.6 Å². The smallest absolute Gasteiger partial charge is 0.251 e. The van der Waals surface area contributed by atoms with Crippen LogP contribution in [0.15, 0.2) is 24.3 Å². The summed E-state index contributed by atoms with van der Waals surface area (Å²) < 4.78 is 26.4. The number of anilines is 2. The van der Waals surface area contributed by atoms with Crippen LogP contribution < -0.4 is 15.1 Å². The summed E-state index contributed by atoms with van der Waals surface area (Å²) in [6.07, 6.45) is 0.353. The van der Waals surface area contributed by atoms with Gasteiger partial charge in [-0.25, -0.2) is 8.78 Å². The molecule has 0 aromatic heterocycles. The third-order valence-electron chi connectivity index (χ3n) is 4.39. The normalized spacial score (nSPS) is 22.2. The molecule has 2 aliphatic heterocycles. The van der Waals surface area contributed by atoms with E-state index in [0.717, 1.165) is 17.9 Å². The third kappa shape index (κ3) is 3.48. The largest absolute Gasteiger partial charge is 0.371 e. The monoisotopic (exact) mass is 309 g/mol. The van der Waals surface area contributed by atoms with Crippen LogP contribution in [0, 0.1) is 0 Å². The molecule has 22 heavy (non-hydrogen) atoms. The summed E-state index contributed by atoms with van der Waals surface area (Å²) in [5.74, 6) is -2.42. The van der Waals surface area contributed by atoms with Crippen LogP contribution in [-0.4, -0.2) is 44.6 Å². The van der Waals surface area contributed by atoms with E-state index in [2.05, 4.69) is 10.2 Å². The fourth-order valence-electron chi connectivity index (χ4n) is 2.99. The van der Waals surface area contributed by atoms with Gasteiger partial charge in [0.05, 0.1) is 0 Å². The van der Waals surface area contributed by atoms with Gasteiger partial charge in [-0.15, -0.1) is 0 Å². The molecule has 0 saturated carbocycles. The maximum Gasteiger partial charge on any atom is 0.251 e. The Morgan fingerprint density at radius 3 is 2.05 bits per heavy atom. The summed E-state index contributed by atoms with van der Waals surface area (Å²) in [6, 6.07) is 7.99. The van der Waals surface area contributed by atoms with Crippen molar-refractivity contribution in [2.75, 3.05) is 42.5 Å². The lowest BCUT2D eigenvalue weighted by Crippen LogP contribution is -2.39. The highest BCUT2D eigenvalue weighted by Crippen LogP contribution is 2.31.